The van der Waals surface area contributed by atoms with E-state index in [1.807, 2.05) is 73.7 Å². The summed E-state index contributed by atoms with van der Waals surface area (Å²) < 4.78 is 5.47. The maximum atomic E-state index is 13.5. The largest absolute Gasteiger partial charge is 0.497 e. The van der Waals surface area contributed by atoms with E-state index in [2.05, 4.69) is 16.4 Å². The first kappa shape index (κ1) is 21.8. The number of hydrogen-bond acceptors (Lipinski definition) is 3. The van der Waals surface area contributed by atoms with Gasteiger partial charge in [0, 0.05) is 34.1 Å². The highest BCUT2D eigenvalue weighted by Crippen LogP contribution is 2.45. The molecule has 0 saturated heterocycles. The summed E-state index contributed by atoms with van der Waals surface area (Å²) in [6.45, 7) is 2.59. The van der Waals surface area contributed by atoms with Gasteiger partial charge < -0.3 is 19.9 Å². The average Bonchev–Trinajstić information content (AvgIpc) is 3.38. The second-order valence-electron chi connectivity index (χ2n) is 8.46. The number of ether oxygens (including phenoxy) is 1. The average molecular weight is 454 g/mol. The number of nitrogens with one attached hydrogen (secondary N) is 2. The van der Waals surface area contributed by atoms with Gasteiger partial charge in [-0.2, -0.15) is 0 Å². The number of para-hydroxylation sites is 1. The Balaban J connectivity index is 1.71. The van der Waals surface area contributed by atoms with Crippen LogP contribution < -0.4 is 10.1 Å². The molecule has 0 spiro atoms. The quantitative estimate of drug-likeness (QED) is 0.417. The van der Waals surface area contributed by atoms with Crippen molar-refractivity contribution in [1.82, 2.24) is 15.2 Å². The summed E-state index contributed by atoms with van der Waals surface area (Å²) in [6.07, 6.45) is 0.839. The van der Waals surface area contributed by atoms with E-state index >= 15 is 0 Å². The van der Waals surface area contributed by atoms with E-state index in [0.29, 0.717) is 12.1 Å². The molecule has 1 aliphatic rings. The lowest BCUT2D eigenvalue weighted by atomic mass is 9.93. The lowest BCUT2D eigenvalue weighted by Crippen LogP contribution is -2.39. The molecule has 4 aromatic rings. The molecule has 34 heavy (non-hydrogen) atoms. The fourth-order valence-electron chi connectivity index (χ4n) is 4.77. The van der Waals surface area contributed by atoms with E-state index in [1.165, 1.54) is 0 Å². The standard InChI is InChI=1S/C28H27N3O3/c1-3-15-29-24(32)17-31-27(20-11-4-5-12-21(20)28(31)33)25-22-13-6-7-14-23(22)30-26(25)18-9-8-10-19(16-18)34-2/h4-14,16,27,30H,3,15,17H2,1-2H3,(H,29,32). The number of carbonyl (C=O) groups is 2. The monoisotopic (exact) mass is 453 g/mol. The van der Waals surface area contributed by atoms with E-state index < -0.39 is 6.04 Å². The Hall–Kier alpha value is -4.06. The Morgan fingerprint density at radius 2 is 1.85 bits per heavy atom. The number of nitrogens with zero attached hydrogens (tertiary/aromatic N) is 1. The zero-order chi connectivity index (χ0) is 23.7. The fraction of sp³-hybridized carbons (Fsp3) is 0.214. The van der Waals surface area contributed by atoms with E-state index in [9.17, 15) is 9.59 Å². The number of carbonyl (C=O) groups excluding carboxylic acids is 2. The molecule has 6 nitrogen and oxygen atoms in total. The molecule has 172 valence electrons. The lowest BCUT2D eigenvalue weighted by Gasteiger charge is -2.26. The molecule has 5 rings (SSSR count). The first-order valence-electron chi connectivity index (χ1n) is 11.5. The Labute approximate surface area is 198 Å². The molecule has 0 fully saturated rings. The number of aromatic nitrogens is 1. The molecular weight excluding hydrogens is 426 g/mol. The minimum absolute atomic E-state index is 0.00472. The van der Waals surface area contributed by atoms with E-state index in [-0.39, 0.29) is 18.4 Å². The van der Waals surface area contributed by atoms with Gasteiger partial charge in [0.05, 0.1) is 18.8 Å². The third-order valence-corrected chi connectivity index (χ3v) is 6.32. The van der Waals surface area contributed by atoms with Crippen LogP contribution in [0.3, 0.4) is 0 Å². The number of aromatic amines is 1. The smallest absolute Gasteiger partial charge is 0.255 e. The van der Waals surface area contributed by atoms with E-state index in [0.717, 1.165) is 45.5 Å². The predicted molar refractivity (Wildman–Crippen MR) is 133 cm³/mol. The second kappa shape index (κ2) is 9.06. The van der Waals surface area contributed by atoms with Crippen molar-refractivity contribution in [2.75, 3.05) is 20.2 Å². The van der Waals surface area contributed by atoms with Gasteiger partial charge in [-0.1, -0.05) is 55.5 Å². The van der Waals surface area contributed by atoms with Gasteiger partial charge in [-0.05, 0) is 36.2 Å². The first-order valence-corrected chi connectivity index (χ1v) is 11.5. The van der Waals surface area contributed by atoms with Crippen molar-refractivity contribution in [3.05, 3.63) is 89.5 Å². The minimum Gasteiger partial charge on any atom is -0.497 e. The number of methoxy groups -OCH3 is 1. The number of H-pyrrole nitrogens is 1. The molecule has 0 saturated carbocycles. The molecule has 0 radical (unpaired) electrons. The first-order chi connectivity index (χ1) is 16.6. The van der Waals surface area contributed by atoms with Crippen molar-refractivity contribution < 1.29 is 14.3 Å². The maximum absolute atomic E-state index is 13.5. The van der Waals surface area contributed by atoms with Crippen LogP contribution in [0.25, 0.3) is 22.2 Å². The highest BCUT2D eigenvalue weighted by molar-refractivity contribution is 6.03. The normalized spacial score (nSPS) is 14.9. The van der Waals surface area contributed by atoms with Crippen LogP contribution in [0.1, 0.15) is 40.9 Å². The second-order valence-corrected chi connectivity index (χ2v) is 8.46. The van der Waals surface area contributed by atoms with Crippen molar-refractivity contribution in [2.45, 2.75) is 19.4 Å². The summed E-state index contributed by atoms with van der Waals surface area (Å²) >= 11 is 0. The van der Waals surface area contributed by atoms with Crippen LogP contribution in [0, 0.1) is 0 Å². The number of benzene rings is 3. The molecule has 0 bridgehead atoms. The lowest BCUT2D eigenvalue weighted by molar-refractivity contribution is -0.122. The maximum Gasteiger partial charge on any atom is 0.255 e. The summed E-state index contributed by atoms with van der Waals surface area (Å²) in [4.78, 5) is 31.5. The van der Waals surface area contributed by atoms with Gasteiger partial charge in [0.15, 0.2) is 0 Å². The summed E-state index contributed by atoms with van der Waals surface area (Å²) in [5.74, 6) is 0.464. The van der Waals surface area contributed by atoms with Crippen LogP contribution >= 0.6 is 0 Å². The van der Waals surface area contributed by atoms with Gasteiger partial charge >= 0.3 is 0 Å². The number of hydrogen-bond donors (Lipinski definition) is 2. The third-order valence-electron chi connectivity index (χ3n) is 6.32. The number of amides is 2. The van der Waals surface area contributed by atoms with Crippen molar-refractivity contribution in [2.24, 2.45) is 0 Å². The summed E-state index contributed by atoms with van der Waals surface area (Å²) in [7, 11) is 1.65. The molecule has 0 aliphatic carbocycles. The SMILES string of the molecule is CCCNC(=O)CN1C(=O)c2ccccc2C1c1c(-c2cccc(OC)c2)[nH]c2ccccc12. The van der Waals surface area contributed by atoms with Crippen LogP contribution in [0.4, 0.5) is 0 Å². The van der Waals surface area contributed by atoms with Crippen LogP contribution in [0.5, 0.6) is 5.75 Å². The van der Waals surface area contributed by atoms with Crippen LogP contribution in [-0.2, 0) is 4.79 Å². The van der Waals surface area contributed by atoms with Crippen LogP contribution in [-0.4, -0.2) is 41.9 Å². The molecule has 1 unspecified atom stereocenters. The fourth-order valence-corrected chi connectivity index (χ4v) is 4.77. The van der Waals surface area contributed by atoms with E-state index in [4.69, 9.17) is 4.74 Å². The molecule has 2 amide bonds. The summed E-state index contributed by atoms with van der Waals surface area (Å²) in [5.41, 5.74) is 5.36. The van der Waals surface area contributed by atoms with Crippen molar-refractivity contribution >= 4 is 22.7 Å². The van der Waals surface area contributed by atoms with Crippen molar-refractivity contribution in [3.63, 3.8) is 0 Å². The van der Waals surface area contributed by atoms with Gasteiger partial charge in [-0.3, -0.25) is 9.59 Å². The van der Waals surface area contributed by atoms with Gasteiger partial charge in [-0.15, -0.1) is 0 Å². The number of rotatable bonds is 7. The van der Waals surface area contributed by atoms with Crippen molar-refractivity contribution in [1.29, 1.82) is 0 Å². The summed E-state index contributed by atoms with van der Waals surface area (Å²) in [6, 6.07) is 23.2. The van der Waals surface area contributed by atoms with Gasteiger partial charge in [0.1, 0.15) is 12.3 Å². The Morgan fingerprint density at radius 3 is 2.68 bits per heavy atom. The Morgan fingerprint density at radius 1 is 1.06 bits per heavy atom. The molecule has 1 aromatic heterocycles. The number of fused-ring (bicyclic) bond motifs is 2. The zero-order valence-corrected chi connectivity index (χ0v) is 19.3. The highest BCUT2D eigenvalue weighted by Gasteiger charge is 2.40. The van der Waals surface area contributed by atoms with Crippen LogP contribution in [0.15, 0.2) is 72.8 Å². The zero-order valence-electron chi connectivity index (χ0n) is 19.3. The summed E-state index contributed by atoms with van der Waals surface area (Å²) in [5, 5.41) is 3.94. The molecule has 6 heteroatoms. The van der Waals surface area contributed by atoms with Gasteiger partial charge in [0.2, 0.25) is 5.91 Å². The van der Waals surface area contributed by atoms with Gasteiger partial charge in [-0.25, -0.2) is 0 Å². The minimum atomic E-state index is -0.395. The third kappa shape index (κ3) is 3.71. The highest BCUT2D eigenvalue weighted by atomic mass is 16.5. The molecule has 3 aromatic carbocycles. The molecule has 1 atom stereocenters. The van der Waals surface area contributed by atoms with E-state index in [1.54, 1.807) is 12.0 Å². The Kier molecular flexibility index (Phi) is 5.80. The Bertz CT molecular complexity index is 1370. The molecule has 1 aliphatic heterocycles. The molecular formula is C28H27N3O3. The van der Waals surface area contributed by atoms with Crippen molar-refractivity contribution in [3.8, 4) is 17.0 Å². The van der Waals surface area contributed by atoms with Crippen LogP contribution in [0.2, 0.25) is 0 Å². The predicted octanol–water partition coefficient (Wildman–Crippen LogP) is 4.91. The molecule has 2 heterocycles. The topological polar surface area (TPSA) is 74.4 Å². The molecule has 2 N–H and O–H groups in total. The van der Waals surface area contributed by atoms with Gasteiger partial charge in [0.25, 0.3) is 5.91 Å².